The van der Waals surface area contributed by atoms with Crippen LogP contribution in [0.1, 0.15) is 56.3 Å². The van der Waals surface area contributed by atoms with E-state index in [2.05, 4.69) is 25.5 Å². The molecule has 1 saturated carbocycles. The monoisotopic (exact) mass is 358 g/mol. The van der Waals surface area contributed by atoms with Gasteiger partial charge in [-0.15, -0.1) is 11.6 Å². The number of hydrogen-bond acceptors (Lipinski definition) is 1. The summed E-state index contributed by atoms with van der Waals surface area (Å²) in [5, 5.41) is -0.175. The largest absolute Gasteiger partial charge is 0.324 e. The molecule has 1 unspecified atom stereocenters. The van der Waals surface area contributed by atoms with Gasteiger partial charge in [0.25, 0.3) is 0 Å². The third kappa shape index (κ3) is 2.48. The summed E-state index contributed by atoms with van der Waals surface area (Å²) in [7, 11) is 0. The van der Waals surface area contributed by atoms with Crippen LogP contribution in [0.5, 0.6) is 0 Å². The summed E-state index contributed by atoms with van der Waals surface area (Å²) in [4.78, 5) is 4.62. The third-order valence-corrected chi connectivity index (χ3v) is 4.86. The van der Waals surface area contributed by atoms with Crippen molar-refractivity contribution in [1.29, 1.82) is 0 Å². The average molecular weight is 360 g/mol. The van der Waals surface area contributed by atoms with Crippen LogP contribution >= 0.6 is 27.5 Å². The normalized spacial score (nSPS) is 18.6. The zero-order valence-electron chi connectivity index (χ0n) is 11.4. The van der Waals surface area contributed by atoms with Crippen LogP contribution in [0.15, 0.2) is 16.6 Å². The summed E-state index contributed by atoms with van der Waals surface area (Å²) >= 11 is 9.52. The quantitative estimate of drug-likeness (QED) is 0.625. The fourth-order valence-corrected chi connectivity index (χ4v) is 3.60. The van der Waals surface area contributed by atoms with Crippen molar-refractivity contribution >= 4 is 38.6 Å². The van der Waals surface area contributed by atoms with Crippen molar-refractivity contribution in [1.82, 2.24) is 9.55 Å². The summed E-state index contributed by atoms with van der Waals surface area (Å²) in [5.74, 6) is 0.606. The predicted octanol–water partition coefficient (Wildman–Crippen LogP) is 5.74. The highest BCUT2D eigenvalue weighted by atomic mass is 79.9. The summed E-state index contributed by atoms with van der Waals surface area (Å²) in [5.41, 5.74) is 1.67. The van der Waals surface area contributed by atoms with Gasteiger partial charge in [0.2, 0.25) is 0 Å². The molecule has 1 fully saturated rings. The van der Waals surface area contributed by atoms with Crippen molar-refractivity contribution in [3.63, 3.8) is 0 Å². The second kappa shape index (κ2) is 5.64. The average Bonchev–Trinajstić information content (AvgIpc) is 2.79. The number of hydrogen-bond donors (Lipinski definition) is 0. The van der Waals surface area contributed by atoms with Crippen LogP contribution in [0.4, 0.5) is 4.39 Å². The van der Waals surface area contributed by atoms with E-state index in [0.717, 1.165) is 29.7 Å². The van der Waals surface area contributed by atoms with E-state index in [4.69, 9.17) is 11.6 Å². The molecule has 0 aliphatic heterocycles. The van der Waals surface area contributed by atoms with E-state index in [1.165, 1.54) is 19.3 Å². The lowest BCUT2D eigenvalue weighted by molar-refractivity contribution is 0.352. The first-order valence-corrected chi connectivity index (χ1v) is 8.32. The first-order valence-electron chi connectivity index (χ1n) is 7.09. The van der Waals surface area contributed by atoms with Gasteiger partial charge in [-0.25, -0.2) is 9.37 Å². The molecular formula is C15H17BrClFN2. The van der Waals surface area contributed by atoms with Crippen molar-refractivity contribution in [3.8, 4) is 0 Å². The molecule has 0 bridgehead atoms. The van der Waals surface area contributed by atoms with Crippen LogP contribution in [-0.2, 0) is 0 Å². The van der Waals surface area contributed by atoms with Crippen molar-refractivity contribution in [2.24, 2.45) is 0 Å². The molecule has 2 aromatic rings. The Morgan fingerprint density at radius 3 is 2.70 bits per heavy atom. The smallest absolute Gasteiger partial charge is 0.139 e. The maximum atomic E-state index is 13.9. The number of fused-ring (bicyclic) bond motifs is 1. The van der Waals surface area contributed by atoms with Gasteiger partial charge in [0.15, 0.2) is 0 Å². The predicted molar refractivity (Wildman–Crippen MR) is 83.8 cm³/mol. The molecule has 2 nitrogen and oxygen atoms in total. The highest BCUT2D eigenvalue weighted by Crippen LogP contribution is 2.36. The Bertz CT molecular complexity index is 632. The topological polar surface area (TPSA) is 17.8 Å². The minimum Gasteiger partial charge on any atom is -0.324 e. The van der Waals surface area contributed by atoms with Crippen molar-refractivity contribution in [3.05, 3.63) is 28.2 Å². The molecule has 1 aromatic heterocycles. The fraction of sp³-hybridized carbons (Fsp3) is 0.533. The molecule has 1 aromatic carbocycles. The first kappa shape index (κ1) is 14.3. The molecule has 1 aliphatic carbocycles. The number of rotatable bonds is 2. The van der Waals surface area contributed by atoms with Crippen LogP contribution in [0.3, 0.4) is 0 Å². The highest BCUT2D eigenvalue weighted by Gasteiger charge is 2.24. The van der Waals surface area contributed by atoms with Crippen molar-refractivity contribution < 1.29 is 4.39 Å². The Labute approximate surface area is 131 Å². The molecule has 3 rings (SSSR count). The molecule has 0 spiro atoms. The fourth-order valence-electron chi connectivity index (χ4n) is 3.11. The van der Waals surface area contributed by atoms with Gasteiger partial charge >= 0.3 is 0 Å². The van der Waals surface area contributed by atoms with Crippen LogP contribution in [0.2, 0.25) is 0 Å². The maximum absolute atomic E-state index is 13.9. The lowest BCUT2D eigenvalue weighted by atomic mass is 9.95. The number of halogens is 3. The molecule has 1 atom stereocenters. The van der Waals surface area contributed by atoms with Crippen LogP contribution in [0.25, 0.3) is 11.0 Å². The third-order valence-electron chi connectivity index (χ3n) is 4.05. The lowest BCUT2D eigenvalue weighted by Gasteiger charge is -2.26. The van der Waals surface area contributed by atoms with Crippen LogP contribution in [-0.4, -0.2) is 9.55 Å². The summed E-state index contributed by atoms with van der Waals surface area (Å²) in [6.45, 7) is 1.92. The van der Waals surface area contributed by atoms with E-state index in [-0.39, 0.29) is 11.2 Å². The van der Waals surface area contributed by atoms with Gasteiger partial charge in [0.1, 0.15) is 11.6 Å². The van der Waals surface area contributed by atoms with Crippen LogP contribution < -0.4 is 0 Å². The zero-order chi connectivity index (χ0) is 14.3. The molecular weight excluding hydrogens is 343 g/mol. The number of benzene rings is 1. The van der Waals surface area contributed by atoms with Gasteiger partial charge in [-0.1, -0.05) is 19.3 Å². The molecule has 0 amide bonds. The van der Waals surface area contributed by atoms with Gasteiger partial charge in [0.05, 0.1) is 20.9 Å². The molecule has 5 heteroatoms. The van der Waals surface area contributed by atoms with Gasteiger partial charge in [-0.2, -0.15) is 0 Å². The number of imidazole rings is 1. The van der Waals surface area contributed by atoms with Gasteiger partial charge < -0.3 is 4.57 Å². The van der Waals surface area contributed by atoms with Crippen molar-refractivity contribution in [2.45, 2.75) is 50.4 Å². The molecule has 20 heavy (non-hydrogen) atoms. The van der Waals surface area contributed by atoms with E-state index < -0.39 is 0 Å². The standard InChI is InChI=1S/C15H17BrClFN2/c1-9(17)15-19-13-7-11(16)12(18)8-14(13)20(15)10-5-3-2-4-6-10/h7-10H,2-6H2,1H3. The molecule has 1 heterocycles. The maximum Gasteiger partial charge on any atom is 0.139 e. The molecule has 0 saturated heterocycles. The Morgan fingerprint density at radius 2 is 2.05 bits per heavy atom. The lowest BCUT2D eigenvalue weighted by Crippen LogP contribution is -2.15. The van der Waals surface area contributed by atoms with E-state index >= 15 is 0 Å². The number of alkyl halides is 1. The molecule has 108 valence electrons. The first-order chi connectivity index (χ1) is 9.58. The summed E-state index contributed by atoms with van der Waals surface area (Å²) in [6.07, 6.45) is 5.98. The SMILES string of the molecule is CC(Cl)c1nc2cc(Br)c(F)cc2n1C1CCCCC1. The Balaban J connectivity index is 2.20. The van der Waals surface area contributed by atoms with Crippen molar-refractivity contribution in [2.75, 3.05) is 0 Å². The highest BCUT2D eigenvalue weighted by molar-refractivity contribution is 9.10. The van der Waals surface area contributed by atoms with E-state index in [1.807, 2.05) is 6.92 Å². The second-order valence-electron chi connectivity index (χ2n) is 5.50. The van der Waals surface area contributed by atoms with E-state index in [9.17, 15) is 4.39 Å². The van der Waals surface area contributed by atoms with E-state index in [1.54, 1.807) is 12.1 Å². The Hall–Kier alpha value is -0.610. The zero-order valence-corrected chi connectivity index (χ0v) is 13.7. The van der Waals surface area contributed by atoms with Gasteiger partial charge in [0, 0.05) is 12.1 Å². The van der Waals surface area contributed by atoms with Gasteiger partial charge in [-0.05, 0) is 41.8 Å². The summed E-state index contributed by atoms with van der Waals surface area (Å²) < 4.78 is 16.5. The molecule has 1 aliphatic rings. The minimum absolute atomic E-state index is 0.175. The summed E-state index contributed by atoms with van der Waals surface area (Å²) in [6, 6.07) is 3.71. The molecule has 0 radical (unpaired) electrons. The molecule has 0 N–H and O–H groups in total. The minimum atomic E-state index is -0.247. The number of aromatic nitrogens is 2. The van der Waals surface area contributed by atoms with E-state index in [0.29, 0.717) is 10.5 Å². The van der Waals surface area contributed by atoms with Crippen LogP contribution in [0, 0.1) is 5.82 Å². The second-order valence-corrected chi connectivity index (χ2v) is 7.01. The van der Waals surface area contributed by atoms with Gasteiger partial charge in [-0.3, -0.25) is 0 Å². The Morgan fingerprint density at radius 1 is 1.35 bits per heavy atom. The Kier molecular flexibility index (Phi) is 4.04. The number of nitrogens with zero attached hydrogens (tertiary/aromatic N) is 2.